The van der Waals surface area contributed by atoms with Crippen LogP contribution < -0.4 is 0 Å². The first-order valence-corrected chi connectivity index (χ1v) is 6.92. The minimum atomic E-state index is 0.479. The topological polar surface area (TPSA) is 18.5 Å². The van der Waals surface area contributed by atoms with E-state index < -0.39 is 0 Å². The maximum absolute atomic E-state index is 5.31. The average molecular weight is 270 g/mol. The Bertz CT molecular complexity index is 494. The zero-order chi connectivity index (χ0) is 14.5. The van der Waals surface area contributed by atoms with Crippen molar-refractivity contribution in [3.63, 3.8) is 0 Å². The molecule has 2 rings (SSSR count). The monoisotopic (exact) mass is 270 g/mol. The van der Waals surface area contributed by atoms with E-state index in [0.29, 0.717) is 13.2 Å². The summed E-state index contributed by atoms with van der Waals surface area (Å²) in [4.78, 5) is 10.6. The Hall–Kier alpha value is -1.64. The van der Waals surface area contributed by atoms with Gasteiger partial charge in [-0.3, -0.25) is 0 Å². The molecular weight excluding hydrogens is 248 g/mol. The Morgan fingerprint density at radius 2 is 0.850 bits per heavy atom. The summed E-state index contributed by atoms with van der Waals surface area (Å²) in [5.74, 6) is 0. The molecule has 0 bridgehead atoms. The fraction of sp³-hybridized carbons (Fsp3) is 0.333. The van der Waals surface area contributed by atoms with Crippen molar-refractivity contribution >= 4 is 0 Å². The third-order valence-corrected chi connectivity index (χ3v) is 3.10. The van der Waals surface area contributed by atoms with E-state index in [4.69, 9.17) is 9.78 Å². The third-order valence-electron chi connectivity index (χ3n) is 3.10. The van der Waals surface area contributed by atoms with E-state index in [2.05, 4.69) is 64.1 Å². The number of aryl methyl sites for hydroxylation is 4. The molecular formula is C18H22O2. The molecule has 0 atom stereocenters. The number of hydrogen-bond donors (Lipinski definition) is 0. The Balaban J connectivity index is 1.84. The van der Waals surface area contributed by atoms with Crippen LogP contribution in [0.5, 0.6) is 0 Å². The fourth-order valence-electron chi connectivity index (χ4n) is 2.52. The van der Waals surface area contributed by atoms with Crippen molar-refractivity contribution in [2.24, 2.45) is 0 Å². The SMILES string of the molecule is Cc1cc(C)cc(COOCc2cc(C)cc(C)c2)c1. The predicted molar refractivity (Wildman–Crippen MR) is 81.4 cm³/mol. The molecule has 0 unspecified atom stereocenters. The van der Waals surface area contributed by atoms with Gasteiger partial charge in [-0.1, -0.05) is 58.7 Å². The smallest absolute Gasteiger partial charge is 0.107 e. The standard InChI is InChI=1S/C18H22O2/c1-13-5-14(2)8-17(7-13)11-19-20-12-18-9-15(3)6-16(4)10-18/h5-10H,11-12H2,1-4H3. The summed E-state index contributed by atoms with van der Waals surface area (Å²) in [6.07, 6.45) is 0. The van der Waals surface area contributed by atoms with Gasteiger partial charge in [0.1, 0.15) is 13.2 Å². The van der Waals surface area contributed by atoms with E-state index in [9.17, 15) is 0 Å². The van der Waals surface area contributed by atoms with Crippen LogP contribution in [-0.4, -0.2) is 0 Å². The summed E-state index contributed by atoms with van der Waals surface area (Å²) in [7, 11) is 0. The van der Waals surface area contributed by atoms with Crippen LogP contribution in [0.15, 0.2) is 36.4 Å². The summed E-state index contributed by atoms with van der Waals surface area (Å²) in [5.41, 5.74) is 7.28. The molecule has 0 fully saturated rings. The molecule has 0 aliphatic carbocycles. The Morgan fingerprint density at radius 1 is 0.550 bits per heavy atom. The van der Waals surface area contributed by atoms with E-state index in [1.54, 1.807) is 0 Å². The summed E-state index contributed by atoms with van der Waals surface area (Å²) >= 11 is 0. The highest BCUT2D eigenvalue weighted by Gasteiger charge is 1.99. The number of hydrogen-bond acceptors (Lipinski definition) is 2. The van der Waals surface area contributed by atoms with Crippen LogP contribution in [0.1, 0.15) is 33.4 Å². The van der Waals surface area contributed by atoms with Crippen molar-refractivity contribution in [3.05, 3.63) is 69.8 Å². The van der Waals surface area contributed by atoms with Crippen molar-refractivity contribution in [2.45, 2.75) is 40.9 Å². The molecule has 0 aliphatic heterocycles. The van der Waals surface area contributed by atoms with E-state index in [-0.39, 0.29) is 0 Å². The van der Waals surface area contributed by atoms with Crippen LogP contribution >= 0.6 is 0 Å². The second kappa shape index (κ2) is 6.69. The van der Waals surface area contributed by atoms with Crippen molar-refractivity contribution in [1.29, 1.82) is 0 Å². The molecule has 0 aliphatic rings. The third kappa shape index (κ3) is 4.48. The zero-order valence-electron chi connectivity index (χ0n) is 12.7. The van der Waals surface area contributed by atoms with Gasteiger partial charge in [-0.05, 0) is 38.8 Å². The lowest BCUT2D eigenvalue weighted by atomic mass is 10.1. The summed E-state index contributed by atoms with van der Waals surface area (Å²) in [6.45, 7) is 9.32. The second-order valence-electron chi connectivity index (χ2n) is 5.52. The van der Waals surface area contributed by atoms with E-state index in [1.807, 2.05) is 0 Å². The molecule has 2 nitrogen and oxygen atoms in total. The summed E-state index contributed by atoms with van der Waals surface area (Å²) < 4.78 is 0. The molecule has 20 heavy (non-hydrogen) atoms. The molecule has 0 radical (unpaired) electrons. The van der Waals surface area contributed by atoms with Crippen molar-refractivity contribution in [3.8, 4) is 0 Å². The summed E-state index contributed by atoms with van der Waals surface area (Å²) in [5, 5.41) is 0. The number of benzene rings is 2. The molecule has 2 heteroatoms. The largest absolute Gasteiger partial charge is 0.232 e. The Kier molecular flexibility index (Phi) is 4.94. The molecule has 0 amide bonds. The molecule has 0 saturated carbocycles. The maximum atomic E-state index is 5.31. The van der Waals surface area contributed by atoms with E-state index in [1.165, 1.54) is 22.3 Å². The minimum Gasteiger partial charge on any atom is -0.232 e. The van der Waals surface area contributed by atoms with Gasteiger partial charge in [-0.25, -0.2) is 9.78 Å². The molecule has 0 spiro atoms. The highest BCUT2D eigenvalue weighted by molar-refractivity contribution is 5.28. The quantitative estimate of drug-likeness (QED) is 0.450. The van der Waals surface area contributed by atoms with Crippen LogP contribution in [0.4, 0.5) is 0 Å². The van der Waals surface area contributed by atoms with Crippen LogP contribution in [0, 0.1) is 27.7 Å². The molecule has 2 aromatic carbocycles. The van der Waals surface area contributed by atoms with Crippen LogP contribution in [0.2, 0.25) is 0 Å². The van der Waals surface area contributed by atoms with E-state index in [0.717, 1.165) is 11.1 Å². The molecule has 0 heterocycles. The van der Waals surface area contributed by atoms with Gasteiger partial charge in [0.15, 0.2) is 0 Å². The minimum absolute atomic E-state index is 0.479. The lowest BCUT2D eigenvalue weighted by Gasteiger charge is -2.08. The van der Waals surface area contributed by atoms with E-state index >= 15 is 0 Å². The van der Waals surface area contributed by atoms with Crippen LogP contribution in [0.3, 0.4) is 0 Å². The lowest BCUT2D eigenvalue weighted by molar-refractivity contribution is -0.313. The second-order valence-corrected chi connectivity index (χ2v) is 5.52. The molecule has 106 valence electrons. The zero-order valence-corrected chi connectivity index (χ0v) is 12.7. The first-order chi connectivity index (χ1) is 9.52. The van der Waals surface area contributed by atoms with Crippen molar-refractivity contribution < 1.29 is 9.78 Å². The van der Waals surface area contributed by atoms with Crippen molar-refractivity contribution in [1.82, 2.24) is 0 Å². The average Bonchev–Trinajstić information content (AvgIpc) is 2.32. The lowest BCUT2D eigenvalue weighted by Crippen LogP contribution is -1.98. The number of rotatable bonds is 5. The molecule has 2 aromatic rings. The van der Waals surface area contributed by atoms with Gasteiger partial charge in [-0.15, -0.1) is 0 Å². The van der Waals surface area contributed by atoms with Crippen LogP contribution in [0.25, 0.3) is 0 Å². The highest BCUT2D eigenvalue weighted by Crippen LogP contribution is 2.12. The predicted octanol–water partition coefficient (Wildman–Crippen LogP) is 4.57. The maximum Gasteiger partial charge on any atom is 0.107 e. The van der Waals surface area contributed by atoms with Gasteiger partial charge in [0.2, 0.25) is 0 Å². The Morgan fingerprint density at radius 3 is 1.15 bits per heavy atom. The highest BCUT2D eigenvalue weighted by atomic mass is 17.2. The van der Waals surface area contributed by atoms with Gasteiger partial charge < -0.3 is 0 Å². The molecule has 0 N–H and O–H groups in total. The van der Waals surface area contributed by atoms with Gasteiger partial charge in [0, 0.05) is 0 Å². The Labute approximate surface area is 121 Å². The first-order valence-electron chi connectivity index (χ1n) is 6.92. The normalized spacial score (nSPS) is 10.8. The van der Waals surface area contributed by atoms with Gasteiger partial charge in [0.25, 0.3) is 0 Å². The fourth-order valence-corrected chi connectivity index (χ4v) is 2.52. The van der Waals surface area contributed by atoms with Crippen LogP contribution in [-0.2, 0) is 23.0 Å². The molecule has 0 saturated heterocycles. The van der Waals surface area contributed by atoms with Gasteiger partial charge in [0.05, 0.1) is 0 Å². The van der Waals surface area contributed by atoms with Gasteiger partial charge >= 0.3 is 0 Å². The summed E-state index contributed by atoms with van der Waals surface area (Å²) in [6, 6.07) is 12.8. The van der Waals surface area contributed by atoms with Gasteiger partial charge in [-0.2, -0.15) is 0 Å². The molecule has 0 aromatic heterocycles. The van der Waals surface area contributed by atoms with Crippen molar-refractivity contribution in [2.75, 3.05) is 0 Å². The first kappa shape index (κ1) is 14.8.